The molecule has 0 aliphatic rings. The van der Waals surface area contributed by atoms with Crippen molar-refractivity contribution >= 4 is 27.6 Å². The first-order valence-corrected chi connectivity index (χ1v) is 10.3. The van der Waals surface area contributed by atoms with Crippen LogP contribution < -0.4 is 5.32 Å². The zero-order valence-corrected chi connectivity index (χ0v) is 18.4. The molecule has 0 aliphatic heterocycles. The van der Waals surface area contributed by atoms with Crippen LogP contribution in [0, 0.1) is 6.92 Å². The van der Waals surface area contributed by atoms with Gasteiger partial charge in [-0.15, -0.1) is 0 Å². The normalized spacial score (nSPS) is 10.7. The number of rotatable bonds is 8. The summed E-state index contributed by atoms with van der Waals surface area (Å²) in [5.74, 6) is 0. The van der Waals surface area contributed by atoms with Crippen LogP contribution >= 0.6 is 15.9 Å². The molecule has 0 spiro atoms. The van der Waals surface area contributed by atoms with Crippen LogP contribution in [0.25, 0.3) is 0 Å². The number of halogens is 1. The van der Waals surface area contributed by atoms with E-state index in [0.717, 1.165) is 22.4 Å². The van der Waals surface area contributed by atoms with E-state index in [1.807, 2.05) is 30.3 Å². The van der Waals surface area contributed by atoms with Crippen LogP contribution in [0.4, 0.5) is 10.5 Å². The van der Waals surface area contributed by atoms with E-state index < -0.39 is 0 Å². The maximum atomic E-state index is 12.9. The van der Waals surface area contributed by atoms with Crippen molar-refractivity contribution < 1.29 is 9.53 Å². The van der Waals surface area contributed by atoms with Crippen LogP contribution in [0.1, 0.15) is 16.8 Å². The molecule has 29 heavy (non-hydrogen) atoms. The first-order valence-electron chi connectivity index (χ1n) is 9.55. The number of ether oxygens (including phenoxy) is 1. The number of carbonyl (C=O) groups excluding carboxylic acids is 1. The maximum absolute atomic E-state index is 12.9. The van der Waals surface area contributed by atoms with Gasteiger partial charge in [-0.1, -0.05) is 51.8 Å². The molecule has 3 aromatic rings. The minimum atomic E-state index is -0.150. The smallest absolute Gasteiger partial charge is 0.322 e. The fourth-order valence-electron chi connectivity index (χ4n) is 3.06. The Bertz CT molecular complexity index is 937. The Kier molecular flexibility index (Phi) is 7.49. The summed E-state index contributed by atoms with van der Waals surface area (Å²) in [6.07, 6.45) is 2.05. The summed E-state index contributed by atoms with van der Waals surface area (Å²) in [6, 6.07) is 20.0. The topological polar surface area (TPSA) is 46.5 Å². The molecule has 5 nitrogen and oxygen atoms in total. The van der Waals surface area contributed by atoms with Crippen LogP contribution in [0.15, 0.2) is 71.3 Å². The summed E-state index contributed by atoms with van der Waals surface area (Å²) in [6.45, 7) is 4.34. The molecule has 2 amide bonds. The predicted octanol–water partition coefficient (Wildman–Crippen LogP) is 5.29. The van der Waals surface area contributed by atoms with E-state index in [1.165, 1.54) is 11.1 Å². The van der Waals surface area contributed by atoms with Crippen molar-refractivity contribution in [3.8, 4) is 0 Å². The van der Waals surface area contributed by atoms with Gasteiger partial charge in [-0.3, -0.25) is 0 Å². The molecule has 152 valence electrons. The molecular formula is C23H26BrN3O2. The van der Waals surface area contributed by atoms with Crippen LogP contribution in [-0.2, 0) is 17.8 Å². The van der Waals surface area contributed by atoms with Crippen LogP contribution in [-0.4, -0.2) is 35.8 Å². The lowest BCUT2D eigenvalue weighted by atomic mass is 10.1. The Hall–Kier alpha value is -2.57. The number of aromatic nitrogens is 1. The number of hydrogen-bond acceptors (Lipinski definition) is 2. The lowest BCUT2D eigenvalue weighted by Crippen LogP contribution is -2.37. The highest BCUT2D eigenvalue weighted by Gasteiger charge is 2.16. The molecule has 1 heterocycles. The molecule has 0 atom stereocenters. The third-order valence-electron chi connectivity index (χ3n) is 4.68. The lowest BCUT2D eigenvalue weighted by Gasteiger charge is -2.24. The summed E-state index contributed by atoms with van der Waals surface area (Å²) < 4.78 is 8.31. The molecular weight excluding hydrogens is 430 g/mol. The van der Waals surface area contributed by atoms with Gasteiger partial charge in [0.2, 0.25) is 0 Å². The molecule has 0 fully saturated rings. The molecule has 0 bridgehead atoms. The van der Waals surface area contributed by atoms with E-state index in [1.54, 1.807) is 12.0 Å². The largest absolute Gasteiger partial charge is 0.383 e. The predicted molar refractivity (Wildman–Crippen MR) is 120 cm³/mol. The number of anilines is 1. The lowest BCUT2D eigenvalue weighted by molar-refractivity contribution is 0.152. The molecule has 1 N–H and O–H groups in total. The van der Waals surface area contributed by atoms with Gasteiger partial charge < -0.3 is 19.5 Å². The zero-order valence-electron chi connectivity index (χ0n) is 16.8. The number of methoxy groups -OCH3 is 1. The molecule has 3 rings (SSSR count). The van der Waals surface area contributed by atoms with Crippen molar-refractivity contribution in [2.24, 2.45) is 0 Å². The van der Waals surface area contributed by atoms with E-state index in [0.29, 0.717) is 19.7 Å². The number of nitrogens with zero attached hydrogens (tertiary/aromatic N) is 2. The quantitative estimate of drug-likeness (QED) is 0.501. The van der Waals surface area contributed by atoms with Crippen LogP contribution in [0.3, 0.4) is 0 Å². The van der Waals surface area contributed by atoms with Crippen molar-refractivity contribution in [2.45, 2.75) is 20.0 Å². The van der Waals surface area contributed by atoms with Crippen molar-refractivity contribution in [2.75, 3.05) is 25.6 Å². The Morgan fingerprint density at radius 1 is 1.14 bits per heavy atom. The third-order valence-corrected chi connectivity index (χ3v) is 5.17. The Morgan fingerprint density at radius 2 is 1.93 bits per heavy atom. The van der Waals surface area contributed by atoms with E-state index >= 15 is 0 Å². The van der Waals surface area contributed by atoms with Gasteiger partial charge in [0, 0.05) is 42.3 Å². The molecule has 1 aromatic heterocycles. The average Bonchev–Trinajstić information content (AvgIpc) is 3.13. The second-order valence-electron chi connectivity index (χ2n) is 6.97. The average molecular weight is 456 g/mol. The fourth-order valence-corrected chi connectivity index (χ4v) is 3.45. The van der Waals surface area contributed by atoms with Gasteiger partial charge in [0.05, 0.1) is 13.2 Å². The van der Waals surface area contributed by atoms with Crippen molar-refractivity contribution in [1.29, 1.82) is 0 Å². The molecule has 0 unspecified atom stereocenters. The Morgan fingerprint density at radius 3 is 2.66 bits per heavy atom. The summed E-state index contributed by atoms with van der Waals surface area (Å²) in [5, 5.41) is 2.97. The first kappa shape index (κ1) is 21.1. The summed E-state index contributed by atoms with van der Waals surface area (Å²) in [4.78, 5) is 14.7. The van der Waals surface area contributed by atoms with E-state index in [2.05, 4.69) is 69.3 Å². The van der Waals surface area contributed by atoms with Gasteiger partial charge in [-0.2, -0.15) is 0 Å². The summed E-state index contributed by atoms with van der Waals surface area (Å²) >= 11 is 3.44. The molecule has 0 saturated heterocycles. The third kappa shape index (κ3) is 6.21. The number of aryl methyl sites for hydroxylation is 1. The molecule has 6 heteroatoms. The van der Waals surface area contributed by atoms with Gasteiger partial charge >= 0.3 is 6.03 Å². The minimum Gasteiger partial charge on any atom is -0.383 e. The number of nitrogens with one attached hydrogen (secondary N) is 1. The number of amides is 2. The SMILES string of the molecule is COCCN(Cc1cccn1Cc1ccc(C)cc1)C(=O)Nc1cccc(Br)c1. The highest BCUT2D eigenvalue weighted by molar-refractivity contribution is 9.10. The zero-order chi connectivity index (χ0) is 20.6. The second kappa shape index (κ2) is 10.3. The van der Waals surface area contributed by atoms with E-state index in [9.17, 15) is 4.79 Å². The fraction of sp³-hybridized carbons (Fsp3) is 0.261. The highest BCUT2D eigenvalue weighted by Crippen LogP contribution is 2.17. The van der Waals surface area contributed by atoms with Crippen LogP contribution in [0.5, 0.6) is 0 Å². The summed E-state index contributed by atoms with van der Waals surface area (Å²) in [5.41, 5.74) is 4.31. The second-order valence-corrected chi connectivity index (χ2v) is 7.88. The monoisotopic (exact) mass is 455 g/mol. The maximum Gasteiger partial charge on any atom is 0.322 e. The van der Waals surface area contributed by atoms with Gasteiger partial charge in [0.1, 0.15) is 0 Å². The minimum absolute atomic E-state index is 0.150. The Balaban J connectivity index is 1.72. The van der Waals surface area contributed by atoms with Crippen molar-refractivity contribution in [3.05, 3.63) is 88.2 Å². The first-order chi connectivity index (χ1) is 14.0. The molecule has 0 saturated carbocycles. The van der Waals surface area contributed by atoms with Gasteiger partial charge in [-0.05, 0) is 42.8 Å². The number of carbonyl (C=O) groups is 1. The number of hydrogen-bond donors (Lipinski definition) is 1. The molecule has 0 radical (unpaired) electrons. The highest BCUT2D eigenvalue weighted by atomic mass is 79.9. The van der Waals surface area contributed by atoms with Crippen molar-refractivity contribution in [3.63, 3.8) is 0 Å². The van der Waals surface area contributed by atoms with Gasteiger partial charge in [-0.25, -0.2) is 4.79 Å². The van der Waals surface area contributed by atoms with Crippen molar-refractivity contribution in [1.82, 2.24) is 9.47 Å². The van der Waals surface area contributed by atoms with E-state index in [4.69, 9.17) is 4.74 Å². The number of benzene rings is 2. The van der Waals surface area contributed by atoms with Gasteiger partial charge in [0.15, 0.2) is 0 Å². The standard InChI is InChI=1S/C23H26BrN3O2/c1-18-8-10-19(11-9-18)16-26-12-4-7-22(26)17-27(13-14-29-2)23(28)25-21-6-3-5-20(24)15-21/h3-12,15H,13-14,16-17H2,1-2H3,(H,25,28). The molecule has 2 aromatic carbocycles. The van der Waals surface area contributed by atoms with Gasteiger partial charge in [0.25, 0.3) is 0 Å². The van der Waals surface area contributed by atoms with Crippen LogP contribution in [0.2, 0.25) is 0 Å². The molecule has 0 aliphatic carbocycles. The summed E-state index contributed by atoms with van der Waals surface area (Å²) in [7, 11) is 1.64. The number of urea groups is 1. The van der Waals surface area contributed by atoms with E-state index in [-0.39, 0.29) is 6.03 Å². The Labute approximate surface area is 180 Å².